The number of ether oxygens (including phenoxy) is 2. The molecule has 1 aromatic heterocycles. The summed E-state index contributed by atoms with van der Waals surface area (Å²) < 4.78 is 18.3. The third-order valence-electron chi connectivity index (χ3n) is 7.68. The number of carbonyl (C=O) groups excluding carboxylic acids is 2. The highest BCUT2D eigenvalue weighted by atomic mass is 28.4. The molecule has 2 heterocycles. The Balaban J connectivity index is 1.53. The van der Waals surface area contributed by atoms with Gasteiger partial charge in [-0.15, -0.1) is 0 Å². The molecule has 0 bridgehead atoms. The van der Waals surface area contributed by atoms with Crippen LogP contribution in [0.1, 0.15) is 54.2 Å². The molecule has 0 fully saturated rings. The van der Waals surface area contributed by atoms with Crippen molar-refractivity contribution in [1.82, 2.24) is 9.78 Å². The monoisotopic (exact) mass is 564 g/mol. The maximum Gasteiger partial charge on any atom is 0.359 e. The third-order valence-corrected chi connectivity index (χ3v) is 12.2. The molecule has 3 aromatic rings. The zero-order valence-electron chi connectivity index (χ0n) is 24.5. The van der Waals surface area contributed by atoms with Crippen molar-refractivity contribution in [2.45, 2.75) is 52.2 Å². The number of hydrogen-bond donors (Lipinski definition) is 1. The number of carbonyl (C=O) groups is 2. The van der Waals surface area contributed by atoms with Crippen LogP contribution >= 0.6 is 0 Å². The maximum atomic E-state index is 13.9. The lowest BCUT2D eigenvalue weighted by Gasteiger charge is -2.36. The van der Waals surface area contributed by atoms with Crippen molar-refractivity contribution < 1.29 is 23.5 Å². The summed E-state index contributed by atoms with van der Waals surface area (Å²) in [5.74, 6) is -0.0626. The van der Waals surface area contributed by atoms with Gasteiger partial charge >= 0.3 is 5.97 Å². The Morgan fingerprint density at radius 2 is 1.70 bits per heavy atom. The molecule has 1 amide bonds. The summed E-state index contributed by atoms with van der Waals surface area (Å²) in [6, 6.07) is 15.0. The minimum absolute atomic E-state index is 0.176. The second-order valence-electron chi connectivity index (χ2n) is 11.3. The number of benzene rings is 2. The Labute approximate surface area is 237 Å². The Morgan fingerprint density at radius 3 is 2.30 bits per heavy atom. The number of aromatic nitrogens is 2. The van der Waals surface area contributed by atoms with Gasteiger partial charge in [0, 0.05) is 30.0 Å². The average Bonchev–Trinajstić information content (AvgIpc) is 3.32. The largest absolute Gasteiger partial charge is 0.497 e. The first-order valence-corrected chi connectivity index (χ1v) is 16.6. The van der Waals surface area contributed by atoms with E-state index < -0.39 is 14.3 Å². The topological polar surface area (TPSA) is 94.9 Å². The van der Waals surface area contributed by atoms with Gasteiger partial charge in [0.05, 0.1) is 26.0 Å². The van der Waals surface area contributed by atoms with Gasteiger partial charge < -0.3 is 24.1 Å². The molecular weight excluding hydrogens is 524 g/mol. The van der Waals surface area contributed by atoms with Crippen LogP contribution in [0.3, 0.4) is 0 Å². The van der Waals surface area contributed by atoms with Crippen molar-refractivity contribution in [1.29, 1.82) is 0 Å². The van der Waals surface area contributed by atoms with Gasteiger partial charge in [0.2, 0.25) is 0 Å². The number of anilines is 2. The van der Waals surface area contributed by atoms with Crippen molar-refractivity contribution >= 4 is 31.6 Å². The van der Waals surface area contributed by atoms with Crippen molar-refractivity contribution in [2.24, 2.45) is 0 Å². The Kier molecular flexibility index (Phi) is 8.70. The van der Waals surface area contributed by atoms with Crippen molar-refractivity contribution in [3.8, 4) is 11.4 Å². The summed E-state index contributed by atoms with van der Waals surface area (Å²) >= 11 is 0. The molecular formula is C30H40N4O5Si. The first-order valence-electron chi connectivity index (χ1n) is 13.7. The van der Waals surface area contributed by atoms with Crippen LogP contribution in [0.15, 0.2) is 48.5 Å². The predicted octanol–water partition coefficient (Wildman–Crippen LogP) is 5.69. The molecule has 1 N–H and O–H groups in total. The smallest absolute Gasteiger partial charge is 0.359 e. The SMILES string of the molecule is CCOC(=O)c1nn(-c2ccc(OC)cc2)c2c1CCN(c1ccc(NCCO[Si](C)(C)C(C)(C)C)cc1)C2=O. The number of esters is 1. The van der Waals surface area contributed by atoms with Gasteiger partial charge in [0.15, 0.2) is 14.0 Å². The number of nitrogens with one attached hydrogen (secondary N) is 1. The highest BCUT2D eigenvalue weighted by molar-refractivity contribution is 6.74. The normalized spacial score (nSPS) is 13.7. The summed E-state index contributed by atoms with van der Waals surface area (Å²) in [4.78, 5) is 28.3. The first-order chi connectivity index (χ1) is 19.0. The minimum Gasteiger partial charge on any atom is -0.497 e. The standard InChI is InChI=1S/C30H40N4O5Si/c1-8-38-29(36)26-25-17-19-33(28(35)27(25)34(32-26)23-13-15-24(37-5)16-14-23)22-11-9-21(10-12-22)31-18-20-39-40(6,7)30(2,3)4/h9-16,31H,8,17-20H2,1-7H3. The molecule has 0 atom stereocenters. The Morgan fingerprint density at radius 1 is 1.05 bits per heavy atom. The molecule has 10 heteroatoms. The fraction of sp³-hybridized carbons (Fsp3) is 0.433. The summed E-state index contributed by atoms with van der Waals surface area (Å²) in [6.07, 6.45) is 0.482. The van der Waals surface area contributed by atoms with E-state index in [0.717, 1.165) is 11.4 Å². The highest BCUT2D eigenvalue weighted by Crippen LogP contribution is 2.36. The van der Waals surface area contributed by atoms with Gasteiger partial charge in [0.1, 0.15) is 11.4 Å². The molecule has 0 unspecified atom stereocenters. The van der Waals surface area contributed by atoms with Crippen LogP contribution in [0.2, 0.25) is 18.1 Å². The molecule has 1 aliphatic heterocycles. The number of nitrogens with zero attached hydrogens (tertiary/aromatic N) is 3. The minimum atomic E-state index is -1.78. The summed E-state index contributed by atoms with van der Waals surface area (Å²) in [5, 5.41) is 8.12. The van der Waals surface area contributed by atoms with E-state index in [2.05, 4.69) is 44.3 Å². The van der Waals surface area contributed by atoms with Gasteiger partial charge in [-0.3, -0.25) is 4.79 Å². The van der Waals surface area contributed by atoms with Crippen LogP contribution in [0.5, 0.6) is 5.75 Å². The van der Waals surface area contributed by atoms with Crippen LogP contribution in [0.4, 0.5) is 11.4 Å². The molecule has 4 rings (SSSR count). The number of rotatable bonds is 10. The van der Waals surface area contributed by atoms with E-state index in [0.29, 0.717) is 48.8 Å². The van der Waals surface area contributed by atoms with E-state index in [9.17, 15) is 9.59 Å². The average molecular weight is 565 g/mol. The van der Waals surface area contributed by atoms with Gasteiger partial charge in [-0.2, -0.15) is 5.10 Å². The van der Waals surface area contributed by atoms with Gasteiger partial charge in [-0.25, -0.2) is 9.48 Å². The molecule has 40 heavy (non-hydrogen) atoms. The quantitative estimate of drug-likeness (QED) is 0.192. The van der Waals surface area contributed by atoms with Crippen LogP contribution in [0, 0.1) is 0 Å². The zero-order chi connectivity index (χ0) is 29.1. The van der Waals surface area contributed by atoms with E-state index >= 15 is 0 Å². The molecule has 0 radical (unpaired) electrons. The fourth-order valence-electron chi connectivity index (χ4n) is 4.36. The molecule has 0 spiro atoms. The van der Waals surface area contributed by atoms with Crippen LogP contribution in [-0.2, 0) is 15.6 Å². The molecule has 0 aliphatic carbocycles. The molecule has 9 nitrogen and oxygen atoms in total. The van der Waals surface area contributed by atoms with E-state index in [1.54, 1.807) is 31.1 Å². The Bertz CT molecular complexity index is 1340. The van der Waals surface area contributed by atoms with Crippen molar-refractivity contribution in [2.75, 3.05) is 43.6 Å². The Hall–Kier alpha value is -3.63. The van der Waals surface area contributed by atoms with E-state index in [1.165, 1.54) is 4.68 Å². The first kappa shape index (κ1) is 29.4. The lowest BCUT2D eigenvalue weighted by Crippen LogP contribution is -2.41. The fourth-order valence-corrected chi connectivity index (χ4v) is 5.40. The molecule has 1 aliphatic rings. The van der Waals surface area contributed by atoms with Crippen molar-refractivity contribution in [3.63, 3.8) is 0 Å². The second-order valence-corrected chi connectivity index (χ2v) is 16.1. The number of fused-ring (bicyclic) bond motifs is 1. The summed E-state index contributed by atoms with van der Waals surface area (Å²) in [7, 11) is -0.190. The molecule has 0 saturated heterocycles. The summed E-state index contributed by atoms with van der Waals surface area (Å²) in [5.41, 5.74) is 3.54. The predicted molar refractivity (Wildman–Crippen MR) is 160 cm³/mol. The highest BCUT2D eigenvalue weighted by Gasteiger charge is 2.37. The van der Waals surface area contributed by atoms with Crippen LogP contribution < -0.4 is 15.0 Å². The number of amides is 1. The van der Waals surface area contributed by atoms with E-state index in [-0.39, 0.29) is 23.2 Å². The zero-order valence-corrected chi connectivity index (χ0v) is 25.5. The van der Waals surface area contributed by atoms with E-state index in [1.807, 2.05) is 36.4 Å². The maximum absolute atomic E-state index is 13.9. The molecule has 214 valence electrons. The van der Waals surface area contributed by atoms with Gasteiger partial charge in [0.25, 0.3) is 5.91 Å². The van der Waals surface area contributed by atoms with E-state index in [4.69, 9.17) is 13.9 Å². The molecule has 0 saturated carbocycles. The lowest BCUT2D eigenvalue weighted by atomic mass is 10.0. The van der Waals surface area contributed by atoms with Gasteiger partial charge in [-0.05, 0) is 80.0 Å². The second kappa shape index (κ2) is 11.9. The third kappa shape index (κ3) is 6.07. The van der Waals surface area contributed by atoms with Crippen LogP contribution in [0.25, 0.3) is 5.69 Å². The van der Waals surface area contributed by atoms with Gasteiger partial charge in [-0.1, -0.05) is 20.8 Å². The number of methoxy groups -OCH3 is 1. The van der Waals surface area contributed by atoms with Crippen LogP contribution in [-0.4, -0.2) is 63.4 Å². The summed E-state index contributed by atoms with van der Waals surface area (Å²) in [6.45, 7) is 15.0. The van der Waals surface area contributed by atoms with Crippen molar-refractivity contribution in [3.05, 3.63) is 65.5 Å². The number of hydrogen-bond acceptors (Lipinski definition) is 7. The lowest BCUT2D eigenvalue weighted by molar-refractivity contribution is 0.0517. The molecule has 2 aromatic carbocycles.